The van der Waals surface area contributed by atoms with E-state index in [0.29, 0.717) is 11.6 Å². The fourth-order valence-electron chi connectivity index (χ4n) is 2.57. The molecule has 1 rings (SSSR count). The van der Waals surface area contributed by atoms with Crippen LogP contribution in [0.3, 0.4) is 0 Å². The second kappa shape index (κ2) is 6.61. The fourth-order valence-corrected chi connectivity index (χ4v) is 2.57. The molecule has 1 aliphatic rings. The van der Waals surface area contributed by atoms with Gasteiger partial charge in [-0.3, -0.25) is 4.90 Å². The van der Waals surface area contributed by atoms with Gasteiger partial charge in [-0.25, -0.2) is 0 Å². The van der Waals surface area contributed by atoms with Gasteiger partial charge in [0.15, 0.2) is 0 Å². The molecule has 0 aliphatic carbocycles. The third-order valence-corrected chi connectivity index (χ3v) is 3.82. The first-order valence-corrected chi connectivity index (χ1v) is 7.04. The van der Waals surface area contributed by atoms with Crippen LogP contribution in [0.2, 0.25) is 0 Å². The summed E-state index contributed by atoms with van der Waals surface area (Å²) in [7, 11) is 0. The molecule has 0 spiro atoms. The lowest BCUT2D eigenvalue weighted by molar-refractivity contribution is 0.0920. The third kappa shape index (κ3) is 4.42. The molecule has 96 valence electrons. The summed E-state index contributed by atoms with van der Waals surface area (Å²) in [5, 5.41) is 3.68. The zero-order valence-electron chi connectivity index (χ0n) is 11.7. The number of hydrogen-bond acceptors (Lipinski definition) is 2. The minimum atomic E-state index is 0.322. The van der Waals surface area contributed by atoms with Gasteiger partial charge in [-0.05, 0) is 53.1 Å². The summed E-state index contributed by atoms with van der Waals surface area (Å²) in [5.41, 5.74) is 0.322. The largest absolute Gasteiger partial charge is 0.312 e. The van der Waals surface area contributed by atoms with Gasteiger partial charge in [-0.1, -0.05) is 19.8 Å². The molecule has 1 N–H and O–H groups in total. The molecule has 0 saturated carbocycles. The highest BCUT2D eigenvalue weighted by Crippen LogP contribution is 2.20. The predicted molar refractivity (Wildman–Crippen MR) is 71.9 cm³/mol. The summed E-state index contributed by atoms with van der Waals surface area (Å²) in [6, 6.07) is 0.661. The van der Waals surface area contributed by atoms with E-state index in [9.17, 15) is 0 Å². The molecule has 0 radical (unpaired) electrons. The number of nitrogens with one attached hydrogen (secondary N) is 1. The molecule has 1 unspecified atom stereocenters. The van der Waals surface area contributed by atoms with Gasteiger partial charge in [-0.15, -0.1) is 0 Å². The van der Waals surface area contributed by atoms with Crippen molar-refractivity contribution in [2.75, 3.05) is 19.6 Å². The molecule has 1 saturated heterocycles. The number of hydrogen-bond donors (Lipinski definition) is 1. The van der Waals surface area contributed by atoms with Crippen LogP contribution in [-0.4, -0.2) is 36.1 Å². The molecule has 1 atom stereocenters. The summed E-state index contributed by atoms with van der Waals surface area (Å²) >= 11 is 0. The number of piperidine rings is 1. The van der Waals surface area contributed by atoms with E-state index >= 15 is 0 Å². The molecule has 1 fully saturated rings. The molecule has 1 heterocycles. The summed E-state index contributed by atoms with van der Waals surface area (Å²) in [5.74, 6) is 0. The van der Waals surface area contributed by atoms with E-state index in [0.717, 1.165) is 6.54 Å². The van der Waals surface area contributed by atoms with Crippen molar-refractivity contribution in [3.05, 3.63) is 0 Å². The third-order valence-electron chi connectivity index (χ3n) is 3.82. The van der Waals surface area contributed by atoms with E-state index < -0.39 is 0 Å². The Morgan fingerprint density at radius 2 is 1.81 bits per heavy atom. The summed E-state index contributed by atoms with van der Waals surface area (Å²) < 4.78 is 0. The maximum absolute atomic E-state index is 3.68. The van der Waals surface area contributed by atoms with Crippen LogP contribution in [0.25, 0.3) is 0 Å². The van der Waals surface area contributed by atoms with Crippen molar-refractivity contribution in [1.29, 1.82) is 0 Å². The zero-order chi connectivity index (χ0) is 12.0. The van der Waals surface area contributed by atoms with E-state index in [-0.39, 0.29) is 0 Å². The highest BCUT2D eigenvalue weighted by Gasteiger charge is 2.27. The molecule has 0 aromatic heterocycles. The normalized spacial score (nSPS) is 21.0. The second-order valence-corrected chi connectivity index (χ2v) is 5.93. The summed E-state index contributed by atoms with van der Waals surface area (Å²) in [6.45, 7) is 13.0. The molecular weight excluding hydrogens is 196 g/mol. The minimum Gasteiger partial charge on any atom is -0.312 e. The maximum Gasteiger partial charge on any atom is 0.0277 e. The van der Waals surface area contributed by atoms with E-state index in [4.69, 9.17) is 0 Å². The maximum atomic E-state index is 3.68. The van der Waals surface area contributed by atoms with Crippen molar-refractivity contribution >= 4 is 0 Å². The Bertz CT molecular complexity index is 183. The number of rotatable bonds is 6. The second-order valence-electron chi connectivity index (χ2n) is 5.93. The first kappa shape index (κ1) is 14.0. The fraction of sp³-hybridized carbons (Fsp3) is 1.00. The minimum absolute atomic E-state index is 0.322. The van der Waals surface area contributed by atoms with Crippen molar-refractivity contribution in [3.8, 4) is 0 Å². The van der Waals surface area contributed by atoms with Gasteiger partial charge in [-0.2, -0.15) is 0 Å². The monoisotopic (exact) mass is 226 g/mol. The summed E-state index contributed by atoms with van der Waals surface area (Å²) in [6.07, 6.45) is 6.75. The molecule has 1 aliphatic heterocycles. The molecule has 0 bridgehead atoms. The van der Waals surface area contributed by atoms with E-state index in [2.05, 4.69) is 37.9 Å². The Morgan fingerprint density at radius 3 is 2.38 bits per heavy atom. The van der Waals surface area contributed by atoms with Gasteiger partial charge in [0.1, 0.15) is 0 Å². The molecule has 0 aromatic rings. The Kier molecular flexibility index (Phi) is 5.77. The first-order valence-electron chi connectivity index (χ1n) is 7.04. The predicted octanol–water partition coefficient (Wildman–Crippen LogP) is 3.03. The molecule has 16 heavy (non-hydrogen) atoms. The van der Waals surface area contributed by atoms with Crippen molar-refractivity contribution in [2.24, 2.45) is 0 Å². The van der Waals surface area contributed by atoms with Crippen LogP contribution in [0, 0.1) is 0 Å². The smallest absolute Gasteiger partial charge is 0.0277 e. The average Bonchev–Trinajstić information content (AvgIpc) is 2.28. The molecule has 2 heteroatoms. The van der Waals surface area contributed by atoms with E-state index in [1.54, 1.807) is 0 Å². The van der Waals surface area contributed by atoms with E-state index in [1.807, 2.05) is 0 Å². The lowest BCUT2D eigenvalue weighted by Crippen LogP contribution is -2.53. The van der Waals surface area contributed by atoms with Crippen molar-refractivity contribution in [2.45, 2.75) is 71.4 Å². The molecule has 2 nitrogen and oxygen atoms in total. The molecule has 0 amide bonds. The van der Waals surface area contributed by atoms with Gasteiger partial charge < -0.3 is 5.32 Å². The topological polar surface area (TPSA) is 15.3 Å². The Morgan fingerprint density at radius 1 is 1.19 bits per heavy atom. The van der Waals surface area contributed by atoms with Crippen LogP contribution < -0.4 is 5.32 Å². The van der Waals surface area contributed by atoms with Crippen molar-refractivity contribution < 1.29 is 0 Å². The number of likely N-dealkylation sites (tertiary alicyclic amines) is 1. The standard InChI is InChI=1S/C14H30N2/c1-5-9-13(2)15-12-14(3,4)16-10-7-6-8-11-16/h13,15H,5-12H2,1-4H3. The lowest BCUT2D eigenvalue weighted by Gasteiger charge is -2.41. The van der Waals surface area contributed by atoms with Crippen molar-refractivity contribution in [3.63, 3.8) is 0 Å². The Hall–Kier alpha value is -0.0800. The SMILES string of the molecule is CCCC(C)NCC(C)(C)N1CCCCC1. The highest BCUT2D eigenvalue weighted by atomic mass is 15.2. The Labute approximate surface area is 102 Å². The van der Waals surface area contributed by atoms with Crippen molar-refractivity contribution in [1.82, 2.24) is 10.2 Å². The quantitative estimate of drug-likeness (QED) is 0.749. The van der Waals surface area contributed by atoms with Crippen LogP contribution in [0.1, 0.15) is 59.8 Å². The van der Waals surface area contributed by atoms with Gasteiger partial charge in [0.2, 0.25) is 0 Å². The number of nitrogens with zero attached hydrogens (tertiary/aromatic N) is 1. The van der Waals surface area contributed by atoms with E-state index in [1.165, 1.54) is 45.2 Å². The summed E-state index contributed by atoms with van der Waals surface area (Å²) in [4.78, 5) is 2.65. The van der Waals surface area contributed by atoms with Gasteiger partial charge in [0, 0.05) is 18.1 Å². The highest BCUT2D eigenvalue weighted by molar-refractivity contribution is 4.86. The van der Waals surface area contributed by atoms with Crippen LogP contribution >= 0.6 is 0 Å². The molecule has 0 aromatic carbocycles. The van der Waals surface area contributed by atoms with Gasteiger partial charge >= 0.3 is 0 Å². The van der Waals surface area contributed by atoms with Gasteiger partial charge in [0.25, 0.3) is 0 Å². The van der Waals surface area contributed by atoms with Crippen LogP contribution in [0.4, 0.5) is 0 Å². The van der Waals surface area contributed by atoms with Crippen LogP contribution in [-0.2, 0) is 0 Å². The molecular formula is C14H30N2. The van der Waals surface area contributed by atoms with Crippen LogP contribution in [0.15, 0.2) is 0 Å². The zero-order valence-corrected chi connectivity index (χ0v) is 11.7. The average molecular weight is 226 g/mol. The first-order chi connectivity index (χ1) is 7.56. The van der Waals surface area contributed by atoms with Gasteiger partial charge in [0.05, 0.1) is 0 Å². The lowest BCUT2D eigenvalue weighted by atomic mass is 9.98. The Balaban J connectivity index is 2.31. The van der Waals surface area contributed by atoms with Crippen LogP contribution in [0.5, 0.6) is 0 Å².